The molecule has 5 rings (SSSR count). The van der Waals surface area contributed by atoms with E-state index in [1.807, 2.05) is 36.2 Å². The number of nitrogens with one attached hydrogen (secondary N) is 1. The second-order valence-electron chi connectivity index (χ2n) is 8.27. The van der Waals surface area contributed by atoms with Crippen LogP contribution in [0, 0.1) is 11.3 Å². The molecule has 1 saturated heterocycles. The van der Waals surface area contributed by atoms with Gasteiger partial charge in [-0.15, -0.1) is 0 Å². The van der Waals surface area contributed by atoms with E-state index in [1.165, 1.54) is 12.8 Å². The van der Waals surface area contributed by atoms with Gasteiger partial charge in [0.15, 0.2) is 0 Å². The molecule has 0 atom stereocenters. The Morgan fingerprint density at radius 3 is 2.84 bits per heavy atom. The molecule has 3 heterocycles. The van der Waals surface area contributed by atoms with Gasteiger partial charge in [-0.05, 0) is 42.7 Å². The molecule has 0 bridgehead atoms. The molecule has 2 aromatic heterocycles. The number of rotatable bonds is 6. The molecule has 0 spiro atoms. The summed E-state index contributed by atoms with van der Waals surface area (Å²) in [5, 5.41) is 17.0. The largest absolute Gasteiger partial charge is 0.439 e. The predicted molar refractivity (Wildman–Crippen MR) is 118 cm³/mol. The molecule has 2 aliphatic rings. The Balaban J connectivity index is 1.40. The van der Waals surface area contributed by atoms with Gasteiger partial charge in [-0.25, -0.2) is 4.68 Å². The van der Waals surface area contributed by atoms with Gasteiger partial charge in [0, 0.05) is 50.4 Å². The van der Waals surface area contributed by atoms with Gasteiger partial charge < -0.3 is 15.0 Å². The summed E-state index contributed by atoms with van der Waals surface area (Å²) in [4.78, 5) is 18.5. The number of aryl methyl sites for hydroxylation is 1. The van der Waals surface area contributed by atoms with E-state index < -0.39 is 0 Å². The molecular weight excluding hydrogens is 404 g/mol. The summed E-state index contributed by atoms with van der Waals surface area (Å²) in [6, 6.07) is 13.4. The summed E-state index contributed by atoms with van der Waals surface area (Å²) in [6.45, 7) is 2.43. The lowest BCUT2D eigenvalue weighted by Gasteiger charge is -2.27. The highest BCUT2D eigenvalue weighted by atomic mass is 16.5. The molecule has 8 heteroatoms. The van der Waals surface area contributed by atoms with Crippen LogP contribution in [0.3, 0.4) is 0 Å². The molecule has 1 aromatic carbocycles. The third-order valence-electron chi connectivity index (χ3n) is 5.84. The number of aromatic nitrogens is 3. The SMILES string of the molecule is Cn1nc(C2CC2)cc1Oc1cc(C#N)ccc1-c1ccc(CN2CCNCC2=O)cn1. The number of benzene rings is 1. The smallest absolute Gasteiger partial charge is 0.236 e. The predicted octanol–water partition coefficient (Wildman–Crippen LogP) is 2.96. The van der Waals surface area contributed by atoms with Crippen LogP contribution in [0.25, 0.3) is 11.3 Å². The van der Waals surface area contributed by atoms with Crippen molar-refractivity contribution in [3.05, 3.63) is 59.4 Å². The Bertz CT molecular complexity index is 1190. The van der Waals surface area contributed by atoms with Gasteiger partial charge in [-0.3, -0.25) is 9.78 Å². The molecule has 1 amide bonds. The lowest BCUT2D eigenvalue weighted by Crippen LogP contribution is -2.47. The first kappa shape index (κ1) is 20.2. The van der Waals surface area contributed by atoms with E-state index in [0.717, 1.165) is 29.1 Å². The average molecular weight is 428 g/mol. The molecule has 162 valence electrons. The van der Waals surface area contributed by atoms with Gasteiger partial charge in [0.25, 0.3) is 0 Å². The minimum atomic E-state index is 0.102. The number of hydrogen-bond acceptors (Lipinski definition) is 6. The van der Waals surface area contributed by atoms with Gasteiger partial charge in [-0.1, -0.05) is 6.07 Å². The van der Waals surface area contributed by atoms with E-state index in [9.17, 15) is 10.1 Å². The van der Waals surface area contributed by atoms with Gasteiger partial charge in [0.2, 0.25) is 11.8 Å². The van der Waals surface area contributed by atoms with E-state index in [4.69, 9.17) is 4.74 Å². The molecule has 1 aliphatic heterocycles. The monoisotopic (exact) mass is 428 g/mol. The maximum Gasteiger partial charge on any atom is 0.236 e. The molecule has 1 saturated carbocycles. The number of hydrogen-bond donors (Lipinski definition) is 1. The average Bonchev–Trinajstić information content (AvgIpc) is 3.60. The van der Waals surface area contributed by atoms with Crippen LogP contribution in [0.5, 0.6) is 11.6 Å². The van der Waals surface area contributed by atoms with Gasteiger partial charge in [0.1, 0.15) is 5.75 Å². The van der Waals surface area contributed by atoms with Crippen molar-refractivity contribution >= 4 is 5.91 Å². The van der Waals surface area contributed by atoms with Crippen LogP contribution in [0.2, 0.25) is 0 Å². The van der Waals surface area contributed by atoms with Gasteiger partial charge >= 0.3 is 0 Å². The highest BCUT2D eigenvalue weighted by Crippen LogP contribution is 2.41. The Labute approximate surface area is 186 Å². The normalized spacial score (nSPS) is 16.1. The summed E-state index contributed by atoms with van der Waals surface area (Å²) in [6.07, 6.45) is 4.13. The highest BCUT2D eigenvalue weighted by Gasteiger charge is 2.27. The number of nitrogens with zero attached hydrogens (tertiary/aromatic N) is 5. The van der Waals surface area contributed by atoms with Crippen LogP contribution in [0.4, 0.5) is 0 Å². The van der Waals surface area contributed by atoms with Crippen molar-refractivity contribution in [3.8, 4) is 29.0 Å². The number of ether oxygens (including phenoxy) is 1. The second kappa shape index (κ2) is 8.44. The van der Waals surface area contributed by atoms with Crippen LogP contribution in [-0.2, 0) is 18.4 Å². The minimum absolute atomic E-state index is 0.102. The number of carbonyl (C=O) groups is 1. The Kier molecular flexibility index (Phi) is 5.33. The van der Waals surface area contributed by atoms with Crippen molar-refractivity contribution in [1.29, 1.82) is 5.26 Å². The summed E-state index contributed by atoms with van der Waals surface area (Å²) >= 11 is 0. The first-order valence-electron chi connectivity index (χ1n) is 10.8. The van der Waals surface area contributed by atoms with E-state index in [2.05, 4.69) is 21.5 Å². The van der Waals surface area contributed by atoms with Crippen LogP contribution in [0.15, 0.2) is 42.6 Å². The van der Waals surface area contributed by atoms with E-state index >= 15 is 0 Å². The number of piperazine rings is 1. The summed E-state index contributed by atoms with van der Waals surface area (Å²) < 4.78 is 7.94. The Hall–Kier alpha value is -3.70. The molecule has 8 nitrogen and oxygen atoms in total. The number of amides is 1. The van der Waals surface area contributed by atoms with E-state index in [-0.39, 0.29) is 5.91 Å². The molecule has 0 unspecified atom stereocenters. The first-order chi connectivity index (χ1) is 15.6. The highest BCUT2D eigenvalue weighted by molar-refractivity contribution is 5.79. The van der Waals surface area contributed by atoms with Gasteiger partial charge in [0.05, 0.1) is 29.6 Å². The first-order valence-corrected chi connectivity index (χ1v) is 10.8. The zero-order valence-electron chi connectivity index (χ0n) is 17.9. The summed E-state index contributed by atoms with van der Waals surface area (Å²) in [7, 11) is 1.86. The van der Waals surface area contributed by atoms with Gasteiger partial charge in [-0.2, -0.15) is 10.4 Å². The fraction of sp³-hybridized carbons (Fsp3) is 0.333. The fourth-order valence-corrected chi connectivity index (χ4v) is 3.86. The second-order valence-corrected chi connectivity index (χ2v) is 8.27. The number of nitriles is 1. The molecular formula is C24H24N6O2. The molecule has 3 aromatic rings. The third-order valence-corrected chi connectivity index (χ3v) is 5.84. The zero-order valence-corrected chi connectivity index (χ0v) is 17.9. The van der Waals surface area contributed by atoms with Crippen molar-refractivity contribution < 1.29 is 9.53 Å². The van der Waals surface area contributed by atoms with Crippen molar-refractivity contribution in [2.24, 2.45) is 7.05 Å². The molecule has 0 radical (unpaired) electrons. The Morgan fingerprint density at radius 1 is 1.25 bits per heavy atom. The summed E-state index contributed by atoms with van der Waals surface area (Å²) in [5.74, 6) is 1.83. The zero-order chi connectivity index (χ0) is 22.1. The quantitative estimate of drug-likeness (QED) is 0.649. The van der Waals surface area contributed by atoms with Crippen molar-refractivity contribution in [1.82, 2.24) is 25.0 Å². The van der Waals surface area contributed by atoms with Crippen molar-refractivity contribution in [2.45, 2.75) is 25.3 Å². The van der Waals surface area contributed by atoms with Crippen molar-refractivity contribution in [3.63, 3.8) is 0 Å². The lowest BCUT2D eigenvalue weighted by atomic mass is 10.1. The summed E-state index contributed by atoms with van der Waals surface area (Å²) in [5.41, 5.74) is 4.07. The maximum atomic E-state index is 12.0. The van der Waals surface area contributed by atoms with Crippen molar-refractivity contribution in [2.75, 3.05) is 19.6 Å². The standard InChI is InChI=1S/C24H24N6O2/c1-29-24(11-21(28-29)18-4-5-18)32-22-10-16(12-25)2-6-19(22)20-7-3-17(13-27-20)15-30-9-8-26-14-23(30)31/h2-3,6-7,10-11,13,18,26H,4-5,8-9,14-15H2,1H3. The number of pyridine rings is 1. The third kappa shape index (κ3) is 4.20. The van der Waals surface area contributed by atoms with Crippen LogP contribution < -0.4 is 10.1 Å². The molecule has 1 N–H and O–H groups in total. The van der Waals surface area contributed by atoms with E-state index in [0.29, 0.717) is 42.7 Å². The topological polar surface area (TPSA) is 96.1 Å². The van der Waals surface area contributed by atoms with Crippen LogP contribution in [0.1, 0.15) is 35.6 Å². The molecule has 2 fully saturated rings. The maximum absolute atomic E-state index is 12.0. The van der Waals surface area contributed by atoms with Crippen LogP contribution >= 0.6 is 0 Å². The van der Waals surface area contributed by atoms with Crippen LogP contribution in [-0.4, -0.2) is 45.2 Å². The molecule has 1 aliphatic carbocycles. The minimum Gasteiger partial charge on any atom is -0.439 e. The van der Waals surface area contributed by atoms with E-state index in [1.54, 1.807) is 23.0 Å². The molecule has 32 heavy (non-hydrogen) atoms. The number of carbonyl (C=O) groups excluding carboxylic acids is 1. The Morgan fingerprint density at radius 2 is 2.12 bits per heavy atom. The lowest BCUT2D eigenvalue weighted by molar-refractivity contribution is -0.132. The fourth-order valence-electron chi connectivity index (χ4n) is 3.86.